The van der Waals surface area contributed by atoms with Crippen LogP contribution in [0.4, 0.5) is 0 Å². The van der Waals surface area contributed by atoms with Gasteiger partial charge in [0.05, 0.1) is 6.07 Å². The van der Waals surface area contributed by atoms with Crippen LogP contribution >= 0.6 is 11.8 Å². The third-order valence-electron chi connectivity index (χ3n) is 2.80. The lowest BCUT2D eigenvalue weighted by atomic mass is 9.97. The molecule has 0 N–H and O–H groups in total. The van der Waals surface area contributed by atoms with E-state index in [-0.39, 0.29) is 4.75 Å². The van der Waals surface area contributed by atoms with Crippen molar-refractivity contribution in [2.45, 2.75) is 30.9 Å². The van der Waals surface area contributed by atoms with E-state index in [4.69, 9.17) is 5.26 Å². The molecule has 3 heteroatoms. The van der Waals surface area contributed by atoms with Gasteiger partial charge in [0.2, 0.25) is 0 Å². The number of rotatable bonds is 3. The third kappa shape index (κ3) is 2.62. The minimum Gasteiger partial charge on any atom is -0.303 e. The molecule has 0 unspecified atom stereocenters. The Morgan fingerprint density at radius 1 is 1.46 bits per heavy atom. The molecule has 1 rings (SSSR count). The quantitative estimate of drug-likeness (QED) is 0.695. The summed E-state index contributed by atoms with van der Waals surface area (Å²) in [5.41, 5.74) is 0. The molecule has 1 fully saturated rings. The number of nitriles is 1. The molecule has 1 aliphatic rings. The second-order valence-electron chi connectivity index (χ2n) is 3.65. The average molecular weight is 198 g/mol. The van der Waals surface area contributed by atoms with Crippen molar-refractivity contribution in [3.8, 4) is 6.07 Å². The summed E-state index contributed by atoms with van der Waals surface area (Å²) in [5, 5.41) is 9.07. The average Bonchev–Trinajstić information content (AvgIpc) is 2.20. The number of likely N-dealkylation sites (tertiary alicyclic amines) is 1. The molecule has 0 aliphatic carbocycles. The Morgan fingerprint density at radius 2 is 2.08 bits per heavy atom. The fourth-order valence-electron chi connectivity index (χ4n) is 1.82. The first-order valence-corrected chi connectivity index (χ1v) is 6.17. The molecule has 13 heavy (non-hydrogen) atoms. The van der Waals surface area contributed by atoms with E-state index in [1.165, 1.54) is 13.0 Å². The molecule has 0 aromatic rings. The van der Waals surface area contributed by atoms with Gasteiger partial charge in [-0.15, -0.1) is 11.8 Å². The second kappa shape index (κ2) is 4.88. The van der Waals surface area contributed by atoms with Gasteiger partial charge in [-0.3, -0.25) is 0 Å². The van der Waals surface area contributed by atoms with Crippen LogP contribution in [-0.2, 0) is 0 Å². The lowest BCUT2D eigenvalue weighted by Gasteiger charge is -2.35. The van der Waals surface area contributed by atoms with E-state index in [9.17, 15) is 0 Å². The zero-order valence-corrected chi connectivity index (χ0v) is 9.36. The molecule has 74 valence electrons. The van der Waals surface area contributed by atoms with Gasteiger partial charge in [-0.1, -0.05) is 6.92 Å². The van der Waals surface area contributed by atoms with Gasteiger partial charge in [0.25, 0.3) is 0 Å². The summed E-state index contributed by atoms with van der Waals surface area (Å²) in [7, 11) is 0. The van der Waals surface area contributed by atoms with Gasteiger partial charge in [0.15, 0.2) is 0 Å². The fourth-order valence-corrected chi connectivity index (χ4v) is 2.50. The summed E-state index contributed by atoms with van der Waals surface area (Å²) in [4.78, 5) is 2.46. The Labute approximate surface area is 85.3 Å². The molecule has 1 heterocycles. The van der Waals surface area contributed by atoms with Crippen LogP contribution in [0.5, 0.6) is 0 Å². The first kappa shape index (κ1) is 10.9. The number of nitrogens with zero attached hydrogens (tertiary/aromatic N) is 2. The van der Waals surface area contributed by atoms with E-state index in [0.717, 1.165) is 25.9 Å². The molecule has 0 aromatic carbocycles. The van der Waals surface area contributed by atoms with Gasteiger partial charge in [0, 0.05) is 13.1 Å². The minimum atomic E-state index is -0.0791. The van der Waals surface area contributed by atoms with Crippen LogP contribution in [0.1, 0.15) is 26.2 Å². The van der Waals surface area contributed by atoms with E-state index < -0.39 is 0 Å². The van der Waals surface area contributed by atoms with Gasteiger partial charge in [-0.2, -0.15) is 5.26 Å². The molecule has 0 radical (unpaired) electrons. The highest BCUT2D eigenvalue weighted by Crippen LogP contribution is 2.33. The van der Waals surface area contributed by atoms with Crippen molar-refractivity contribution in [2.24, 2.45) is 0 Å². The van der Waals surface area contributed by atoms with E-state index in [0.29, 0.717) is 0 Å². The first-order valence-electron chi connectivity index (χ1n) is 4.95. The summed E-state index contributed by atoms with van der Waals surface area (Å²) in [6.45, 7) is 5.60. The van der Waals surface area contributed by atoms with E-state index in [1.54, 1.807) is 11.8 Å². The van der Waals surface area contributed by atoms with Crippen molar-refractivity contribution in [3.05, 3.63) is 0 Å². The largest absolute Gasteiger partial charge is 0.303 e. The fraction of sp³-hybridized carbons (Fsp3) is 0.900. The highest BCUT2D eigenvalue weighted by Gasteiger charge is 2.33. The molecule has 0 aromatic heterocycles. The van der Waals surface area contributed by atoms with Crippen LogP contribution in [-0.4, -0.2) is 35.5 Å². The Morgan fingerprint density at radius 3 is 2.46 bits per heavy atom. The zero-order valence-electron chi connectivity index (χ0n) is 8.55. The monoisotopic (exact) mass is 198 g/mol. The number of hydrogen-bond donors (Lipinski definition) is 0. The highest BCUT2D eigenvalue weighted by molar-refractivity contribution is 8.00. The van der Waals surface area contributed by atoms with Gasteiger partial charge < -0.3 is 4.90 Å². The highest BCUT2D eigenvalue weighted by atomic mass is 32.2. The molecule has 0 bridgehead atoms. The van der Waals surface area contributed by atoms with Crippen molar-refractivity contribution in [2.75, 3.05) is 25.9 Å². The SMILES string of the molecule is CCCN1CCC(C#N)(SC)CC1. The molecule has 2 nitrogen and oxygen atoms in total. The van der Waals surface area contributed by atoms with Crippen LogP contribution < -0.4 is 0 Å². The van der Waals surface area contributed by atoms with Crippen LogP contribution in [0.15, 0.2) is 0 Å². The summed E-state index contributed by atoms with van der Waals surface area (Å²) in [6.07, 6.45) is 5.34. The van der Waals surface area contributed by atoms with E-state index >= 15 is 0 Å². The van der Waals surface area contributed by atoms with Crippen LogP contribution in [0, 0.1) is 11.3 Å². The molecular formula is C10H18N2S. The zero-order chi connectivity index (χ0) is 9.73. The first-order chi connectivity index (χ1) is 6.26. The van der Waals surface area contributed by atoms with Crippen LogP contribution in [0.2, 0.25) is 0 Å². The number of hydrogen-bond acceptors (Lipinski definition) is 3. The van der Waals surface area contributed by atoms with Crippen LogP contribution in [0.3, 0.4) is 0 Å². The van der Waals surface area contributed by atoms with Crippen molar-refractivity contribution in [1.29, 1.82) is 5.26 Å². The topological polar surface area (TPSA) is 27.0 Å². The molecule has 0 amide bonds. The smallest absolute Gasteiger partial charge is 0.104 e. The molecule has 0 atom stereocenters. The maximum Gasteiger partial charge on any atom is 0.104 e. The third-order valence-corrected chi connectivity index (χ3v) is 4.08. The predicted octanol–water partition coefficient (Wildman–Crippen LogP) is 2.12. The summed E-state index contributed by atoms with van der Waals surface area (Å²) in [6, 6.07) is 2.47. The van der Waals surface area contributed by atoms with Gasteiger partial charge in [-0.05, 0) is 32.1 Å². The van der Waals surface area contributed by atoms with E-state index in [2.05, 4.69) is 24.1 Å². The van der Waals surface area contributed by atoms with E-state index in [1.807, 2.05) is 0 Å². The Kier molecular flexibility index (Phi) is 4.08. The molecule has 1 saturated heterocycles. The van der Waals surface area contributed by atoms with Gasteiger partial charge >= 0.3 is 0 Å². The minimum absolute atomic E-state index is 0.0791. The van der Waals surface area contributed by atoms with Gasteiger partial charge in [-0.25, -0.2) is 0 Å². The second-order valence-corrected chi connectivity index (χ2v) is 4.84. The normalized spacial score (nSPS) is 22.5. The predicted molar refractivity (Wildman–Crippen MR) is 57.8 cm³/mol. The summed E-state index contributed by atoms with van der Waals surface area (Å²) >= 11 is 1.73. The Hall–Kier alpha value is -0.200. The lowest BCUT2D eigenvalue weighted by molar-refractivity contribution is 0.217. The summed E-state index contributed by atoms with van der Waals surface area (Å²) in [5.74, 6) is 0. The Bertz CT molecular complexity index is 190. The Balaban J connectivity index is 2.42. The number of thioether (sulfide) groups is 1. The molecule has 0 saturated carbocycles. The summed E-state index contributed by atoms with van der Waals surface area (Å²) < 4.78 is -0.0791. The molecule has 1 aliphatic heterocycles. The van der Waals surface area contributed by atoms with Gasteiger partial charge in [0.1, 0.15) is 4.75 Å². The van der Waals surface area contributed by atoms with Crippen molar-refractivity contribution in [1.82, 2.24) is 4.90 Å². The van der Waals surface area contributed by atoms with Crippen LogP contribution in [0.25, 0.3) is 0 Å². The van der Waals surface area contributed by atoms with Crippen molar-refractivity contribution in [3.63, 3.8) is 0 Å². The maximum absolute atomic E-state index is 9.07. The van der Waals surface area contributed by atoms with Crippen molar-refractivity contribution < 1.29 is 0 Å². The standard InChI is InChI=1S/C10H18N2S/c1-3-6-12-7-4-10(9-11,13-2)5-8-12/h3-8H2,1-2H3. The molecular weight excluding hydrogens is 180 g/mol. The maximum atomic E-state index is 9.07. The number of piperidine rings is 1. The molecule has 0 spiro atoms. The van der Waals surface area contributed by atoms with Crippen molar-refractivity contribution >= 4 is 11.8 Å². The lowest BCUT2D eigenvalue weighted by Crippen LogP contribution is -2.41.